The normalized spacial score (nSPS) is 17.9. The summed E-state index contributed by atoms with van der Waals surface area (Å²) in [6.45, 7) is 10.3. The average molecular weight is 281 g/mol. The Balaban J connectivity index is 1.89. The Morgan fingerprint density at radius 3 is 2.58 bits per heavy atom. The fourth-order valence-corrected chi connectivity index (χ4v) is 3.07. The molecule has 0 unspecified atom stereocenters. The molecule has 0 amide bonds. The van der Waals surface area contributed by atoms with Gasteiger partial charge in [-0.15, -0.1) is 0 Å². The number of anilines is 1. The number of nitrogens with one attached hydrogen (secondary N) is 1. The van der Waals surface area contributed by atoms with Gasteiger partial charge in [0.05, 0.1) is 10.7 Å². The zero-order valence-electron chi connectivity index (χ0n) is 12.2. The number of hydrogen-bond donors (Lipinski definition) is 1. The van der Waals surface area contributed by atoms with Crippen LogP contribution in [0.3, 0.4) is 0 Å². The number of benzene rings is 1. The monoisotopic (exact) mass is 280 g/mol. The largest absolute Gasteiger partial charge is 0.381 e. The van der Waals surface area contributed by atoms with Gasteiger partial charge in [0.2, 0.25) is 0 Å². The molecular formula is C16H25ClN2. The molecule has 1 aromatic carbocycles. The fraction of sp³-hybridized carbons (Fsp3) is 0.625. The van der Waals surface area contributed by atoms with Crippen molar-refractivity contribution in [3.63, 3.8) is 0 Å². The van der Waals surface area contributed by atoms with Crippen LogP contribution in [-0.4, -0.2) is 30.6 Å². The lowest BCUT2D eigenvalue weighted by Crippen LogP contribution is -2.40. The SMILES string of the molecule is Cc1cccc(Cl)c1NC1CCN(CC(C)C)CC1. The maximum absolute atomic E-state index is 6.27. The molecule has 0 saturated carbocycles. The summed E-state index contributed by atoms with van der Waals surface area (Å²) in [5, 5.41) is 4.47. The van der Waals surface area contributed by atoms with E-state index in [0.29, 0.717) is 6.04 Å². The molecule has 0 spiro atoms. The van der Waals surface area contributed by atoms with Crippen LogP contribution in [0.1, 0.15) is 32.3 Å². The van der Waals surface area contributed by atoms with E-state index in [4.69, 9.17) is 11.6 Å². The van der Waals surface area contributed by atoms with Crippen molar-refractivity contribution in [3.8, 4) is 0 Å². The van der Waals surface area contributed by atoms with E-state index in [1.165, 1.54) is 38.0 Å². The molecule has 0 atom stereocenters. The summed E-state index contributed by atoms with van der Waals surface area (Å²) in [4.78, 5) is 2.57. The van der Waals surface area contributed by atoms with Crippen LogP contribution in [0.2, 0.25) is 5.02 Å². The first kappa shape index (κ1) is 14.7. The number of piperidine rings is 1. The average Bonchev–Trinajstić information content (AvgIpc) is 2.35. The van der Waals surface area contributed by atoms with Gasteiger partial charge in [0.1, 0.15) is 0 Å². The van der Waals surface area contributed by atoms with Crippen molar-refractivity contribution in [1.29, 1.82) is 0 Å². The number of aryl methyl sites for hydroxylation is 1. The summed E-state index contributed by atoms with van der Waals surface area (Å²) >= 11 is 6.27. The van der Waals surface area contributed by atoms with E-state index in [2.05, 4.69) is 37.1 Å². The molecule has 0 aromatic heterocycles. The minimum absolute atomic E-state index is 0.557. The summed E-state index contributed by atoms with van der Waals surface area (Å²) in [5.41, 5.74) is 2.35. The topological polar surface area (TPSA) is 15.3 Å². The molecule has 106 valence electrons. The number of para-hydroxylation sites is 1. The Hall–Kier alpha value is -0.730. The first-order valence-electron chi connectivity index (χ1n) is 7.30. The van der Waals surface area contributed by atoms with Crippen molar-refractivity contribution in [2.75, 3.05) is 25.0 Å². The predicted octanol–water partition coefficient (Wildman–Crippen LogP) is 4.18. The second-order valence-electron chi connectivity index (χ2n) is 6.04. The fourth-order valence-electron chi connectivity index (χ4n) is 2.80. The molecule has 1 N–H and O–H groups in total. The number of likely N-dealkylation sites (tertiary alicyclic amines) is 1. The van der Waals surface area contributed by atoms with Gasteiger partial charge in [0, 0.05) is 25.7 Å². The molecule has 0 radical (unpaired) electrons. The molecule has 1 aliphatic heterocycles. The number of rotatable bonds is 4. The van der Waals surface area contributed by atoms with Crippen molar-refractivity contribution in [2.24, 2.45) is 5.92 Å². The Morgan fingerprint density at radius 1 is 1.32 bits per heavy atom. The second-order valence-corrected chi connectivity index (χ2v) is 6.45. The quantitative estimate of drug-likeness (QED) is 0.890. The van der Waals surface area contributed by atoms with Crippen LogP contribution in [0.5, 0.6) is 0 Å². The molecule has 0 bridgehead atoms. The van der Waals surface area contributed by atoms with Crippen LogP contribution >= 0.6 is 11.6 Å². The van der Waals surface area contributed by atoms with Crippen molar-refractivity contribution < 1.29 is 0 Å². The number of halogens is 1. The standard InChI is InChI=1S/C16H25ClN2/c1-12(2)11-19-9-7-14(8-10-19)18-16-13(3)5-4-6-15(16)17/h4-6,12,14,18H,7-11H2,1-3H3. The number of nitrogens with zero attached hydrogens (tertiary/aromatic N) is 1. The van der Waals surface area contributed by atoms with Crippen LogP contribution < -0.4 is 5.32 Å². The van der Waals surface area contributed by atoms with Crippen LogP contribution in [0, 0.1) is 12.8 Å². The molecule has 1 heterocycles. The Bertz CT molecular complexity index is 389. The van der Waals surface area contributed by atoms with Gasteiger partial charge in [-0.05, 0) is 37.3 Å². The van der Waals surface area contributed by atoms with Crippen LogP contribution in [0.25, 0.3) is 0 Å². The lowest BCUT2D eigenvalue weighted by Gasteiger charge is -2.34. The van der Waals surface area contributed by atoms with Gasteiger partial charge in [-0.3, -0.25) is 0 Å². The van der Waals surface area contributed by atoms with Crippen LogP contribution in [-0.2, 0) is 0 Å². The second kappa shape index (κ2) is 6.62. The minimum Gasteiger partial charge on any atom is -0.381 e. The summed E-state index contributed by atoms with van der Waals surface area (Å²) in [5.74, 6) is 0.760. The summed E-state index contributed by atoms with van der Waals surface area (Å²) < 4.78 is 0. The zero-order valence-corrected chi connectivity index (χ0v) is 13.0. The Labute approximate surface area is 122 Å². The van der Waals surface area contributed by atoms with Crippen molar-refractivity contribution in [2.45, 2.75) is 39.7 Å². The maximum Gasteiger partial charge on any atom is 0.0640 e. The van der Waals surface area contributed by atoms with E-state index in [0.717, 1.165) is 16.6 Å². The highest BCUT2D eigenvalue weighted by Crippen LogP contribution is 2.27. The first-order chi connectivity index (χ1) is 9.06. The third kappa shape index (κ3) is 4.12. The van der Waals surface area contributed by atoms with E-state index in [1.807, 2.05) is 12.1 Å². The minimum atomic E-state index is 0.557. The molecule has 1 aromatic rings. The molecule has 1 saturated heterocycles. The maximum atomic E-state index is 6.27. The predicted molar refractivity (Wildman–Crippen MR) is 84.1 cm³/mol. The van der Waals surface area contributed by atoms with E-state index in [-0.39, 0.29) is 0 Å². The molecule has 2 nitrogen and oxygen atoms in total. The molecular weight excluding hydrogens is 256 g/mol. The molecule has 19 heavy (non-hydrogen) atoms. The highest BCUT2D eigenvalue weighted by atomic mass is 35.5. The van der Waals surface area contributed by atoms with Gasteiger partial charge >= 0.3 is 0 Å². The third-order valence-corrected chi connectivity index (χ3v) is 4.10. The third-order valence-electron chi connectivity index (χ3n) is 3.78. The van der Waals surface area contributed by atoms with E-state index in [1.54, 1.807) is 0 Å². The molecule has 1 aliphatic rings. The van der Waals surface area contributed by atoms with Gasteiger partial charge in [-0.25, -0.2) is 0 Å². The van der Waals surface area contributed by atoms with Gasteiger partial charge in [0.15, 0.2) is 0 Å². The van der Waals surface area contributed by atoms with Gasteiger partial charge in [-0.2, -0.15) is 0 Å². The van der Waals surface area contributed by atoms with Gasteiger partial charge < -0.3 is 10.2 Å². The van der Waals surface area contributed by atoms with Crippen molar-refractivity contribution >= 4 is 17.3 Å². The zero-order chi connectivity index (χ0) is 13.8. The van der Waals surface area contributed by atoms with Crippen molar-refractivity contribution in [3.05, 3.63) is 28.8 Å². The molecule has 1 fully saturated rings. The lowest BCUT2D eigenvalue weighted by molar-refractivity contribution is 0.198. The first-order valence-corrected chi connectivity index (χ1v) is 7.68. The Morgan fingerprint density at radius 2 is 2.00 bits per heavy atom. The molecule has 2 rings (SSSR count). The smallest absolute Gasteiger partial charge is 0.0640 e. The summed E-state index contributed by atoms with van der Waals surface area (Å²) in [7, 11) is 0. The van der Waals surface area contributed by atoms with E-state index < -0.39 is 0 Å². The Kier molecular flexibility index (Phi) is 5.12. The number of hydrogen-bond acceptors (Lipinski definition) is 2. The summed E-state index contributed by atoms with van der Waals surface area (Å²) in [6.07, 6.45) is 2.41. The van der Waals surface area contributed by atoms with Crippen molar-refractivity contribution in [1.82, 2.24) is 4.90 Å². The highest BCUT2D eigenvalue weighted by Gasteiger charge is 2.20. The van der Waals surface area contributed by atoms with Crippen LogP contribution in [0.4, 0.5) is 5.69 Å². The summed E-state index contributed by atoms with van der Waals surface area (Å²) in [6, 6.07) is 6.64. The van der Waals surface area contributed by atoms with E-state index in [9.17, 15) is 0 Å². The van der Waals surface area contributed by atoms with Gasteiger partial charge in [-0.1, -0.05) is 37.6 Å². The van der Waals surface area contributed by atoms with Gasteiger partial charge in [0.25, 0.3) is 0 Å². The molecule has 0 aliphatic carbocycles. The highest BCUT2D eigenvalue weighted by molar-refractivity contribution is 6.33. The lowest BCUT2D eigenvalue weighted by atomic mass is 10.0. The van der Waals surface area contributed by atoms with E-state index >= 15 is 0 Å². The molecule has 3 heteroatoms. The van der Waals surface area contributed by atoms with Crippen LogP contribution in [0.15, 0.2) is 18.2 Å².